The molecule has 0 aliphatic carbocycles. The number of esters is 1. The van der Waals surface area contributed by atoms with Gasteiger partial charge in [-0.15, -0.1) is 0 Å². The summed E-state index contributed by atoms with van der Waals surface area (Å²) in [7, 11) is 0. The van der Waals surface area contributed by atoms with Crippen LogP contribution < -0.4 is 10.9 Å². The average molecular weight is 466 g/mol. The van der Waals surface area contributed by atoms with Crippen molar-refractivity contribution in [2.45, 2.75) is 12.3 Å². The van der Waals surface area contributed by atoms with Crippen molar-refractivity contribution in [1.29, 1.82) is 0 Å². The molecule has 3 aromatic carbocycles. The predicted octanol–water partition coefficient (Wildman–Crippen LogP) is 5.08. The molecule has 0 aliphatic rings. The second-order valence-electron chi connectivity index (χ2n) is 7.36. The van der Waals surface area contributed by atoms with Crippen molar-refractivity contribution in [1.82, 2.24) is 4.98 Å². The number of alkyl halides is 3. The highest BCUT2D eigenvalue weighted by Gasteiger charge is 2.31. The van der Waals surface area contributed by atoms with E-state index in [1.807, 2.05) is 0 Å². The van der Waals surface area contributed by atoms with Gasteiger partial charge in [0.15, 0.2) is 0 Å². The lowest BCUT2D eigenvalue weighted by Gasteiger charge is -2.19. The van der Waals surface area contributed by atoms with Gasteiger partial charge in [-0.2, -0.15) is 13.2 Å². The number of anilines is 1. The normalized spacial score (nSPS) is 12.2. The molecule has 6 nitrogen and oxygen atoms in total. The first-order valence-corrected chi connectivity index (χ1v) is 10.1. The van der Waals surface area contributed by atoms with Crippen LogP contribution in [-0.4, -0.2) is 16.9 Å². The number of pyridine rings is 1. The fraction of sp³-hybridized carbons (Fsp3) is 0.0800. The van der Waals surface area contributed by atoms with E-state index in [4.69, 9.17) is 4.74 Å². The number of halogens is 3. The summed E-state index contributed by atoms with van der Waals surface area (Å²) in [4.78, 5) is 40.7. The van der Waals surface area contributed by atoms with Gasteiger partial charge in [-0.05, 0) is 24.3 Å². The lowest BCUT2D eigenvalue weighted by Crippen LogP contribution is -2.26. The molecule has 1 aromatic heterocycles. The molecular formula is C25H17F3N2O4. The van der Waals surface area contributed by atoms with E-state index >= 15 is 0 Å². The highest BCUT2D eigenvalue weighted by molar-refractivity contribution is 6.05. The fourth-order valence-electron chi connectivity index (χ4n) is 3.43. The maximum atomic E-state index is 13.0. The van der Waals surface area contributed by atoms with E-state index in [0.29, 0.717) is 16.5 Å². The van der Waals surface area contributed by atoms with Crippen LogP contribution in [0.1, 0.15) is 27.6 Å². The Bertz CT molecular complexity index is 1420. The van der Waals surface area contributed by atoms with Gasteiger partial charge in [0.05, 0.1) is 11.1 Å². The van der Waals surface area contributed by atoms with Crippen molar-refractivity contribution in [2.24, 2.45) is 0 Å². The van der Waals surface area contributed by atoms with Gasteiger partial charge < -0.3 is 15.0 Å². The number of hydrogen-bond acceptors (Lipinski definition) is 4. The van der Waals surface area contributed by atoms with Crippen molar-refractivity contribution < 1.29 is 27.5 Å². The molecule has 1 amide bonds. The second kappa shape index (κ2) is 9.22. The first-order valence-electron chi connectivity index (χ1n) is 10.1. The number of para-hydroxylation sites is 1. The molecule has 0 bridgehead atoms. The Kier molecular flexibility index (Phi) is 6.18. The number of carbonyl (C=O) groups is 2. The minimum atomic E-state index is -4.59. The van der Waals surface area contributed by atoms with E-state index in [0.717, 1.165) is 24.3 Å². The average Bonchev–Trinajstić information content (AvgIpc) is 2.82. The van der Waals surface area contributed by atoms with Gasteiger partial charge in [0, 0.05) is 28.2 Å². The van der Waals surface area contributed by atoms with E-state index in [-0.39, 0.29) is 11.3 Å². The fourth-order valence-corrected chi connectivity index (χ4v) is 3.43. The summed E-state index contributed by atoms with van der Waals surface area (Å²) in [6.07, 6.45) is -6.07. The molecule has 0 fully saturated rings. The standard InChI is InChI=1S/C25H17F3N2O4/c26-25(27,28)16-9-6-10-17(13-16)29-23(32)22(15-7-2-1-3-8-15)34-24(33)19-14-21(31)30-20-12-5-4-11-18(19)20/h1-14,22H,(H,29,32)(H,30,31)/t22-/m1/s1. The topological polar surface area (TPSA) is 88.3 Å². The number of benzene rings is 3. The number of carbonyl (C=O) groups excluding carboxylic acids is 2. The van der Waals surface area contributed by atoms with Crippen molar-refractivity contribution >= 4 is 28.5 Å². The van der Waals surface area contributed by atoms with Crippen molar-refractivity contribution in [3.05, 3.63) is 112 Å². The summed E-state index contributed by atoms with van der Waals surface area (Å²) in [5, 5.41) is 2.79. The van der Waals surface area contributed by atoms with E-state index in [2.05, 4.69) is 10.3 Å². The van der Waals surface area contributed by atoms with E-state index < -0.39 is 35.3 Å². The summed E-state index contributed by atoms with van der Waals surface area (Å²) in [6, 6.07) is 19.8. The first kappa shape index (κ1) is 22.8. The molecule has 0 aliphatic heterocycles. The van der Waals surface area contributed by atoms with Crippen LogP contribution in [-0.2, 0) is 15.7 Å². The molecule has 4 rings (SSSR count). The van der Waals surface area contributed by atoms with Gasteiger partial charge in [-0.1, -0.05) is 54.6 Å². The predicted molar refractivity (Wildman–Crippen MR) is 119 cm³/mol. The Labute approximate surface area is 191 Å². The summed E-state index contributed by atoms with van der Waals surface area (Å²) < 4.78 is 44.6. The highest BCUT2D eigenvalue weighted by Crippen LogP contribution is 2.31. The molecule has 0 unspecified atom stereocenters. The van der Waals surface area contributed by atoms with Crippen LogP contribution in [0.25, 0.3) is 10.9 Å². The number of fused-ring (bicyclic) bond motifs is 1. The summed E-state index contributed by atoms with van der Waals surface area (Å²) in [6.45, 7) is 0. The molecular weight excluding hydrogens is 449 g/mol. The molecule has 0 radical (unpaired) electrons. The molecule has 34 heavy (non-hydrogen) atoms. The van der Waals surface area contributed by atoms with Crippen molar-refractivity contribution in [3.8, 4) is 0 Å². The minimum absolute atomic E-state index is 0.0489. The van der Waals surface area contributed by atoms with Gasteiger partial charge in [0.25, 0.3) is 5.91 Å². The Hall–Kier alpha value is -4.40. The zero-order valence-corrected chi connectivity index (χ0v) is 17.4. The Balaban J connectivity index is 1.66. The third-order valence-corrected chi connectivity index (χ3v) is 4.99. The smallest absolute Gasteiger partial charge is 0.416 e. The van der Waals surface area contributed by atoms with Gasteiger partial charge in [-0.3, -0.25) is 9.59 Å². The maximum Gasteiger partial charge on any atom is 0.416 e. The third kappa shape index (κ3) is 4.98. The van der Waals surface area contributed by atoms with Gasteiger partial charge in [0.1, 0.15) is 0 Å². The van der Waals surface area contributed by atoms with Crippen LogP contribution in [0.4, 0.5) is 18.9 Å². The molecule has 2 N–H and O–H groups in total. The molecule has 1 atom stereocenters. The third-order valence-electron chi connectivity index (χ3n) is 4.99. The van der Waals surface area contributed by atoms with Crippen LogP contribution in [0, 0.1) is 0 Å². The largest absolute Gasteiger partial charge is 0.444 e. The van der Waals surface area contributed by atoms with Crippen LogP contribution in [0.5, 0.6) is 0 Å². The number of aromatic nitrogens is 1. The maximum absolute atomic E-state index is 13.0. The lowest BCUT2D eigenvalue weighted by molar-refractivity contribution is -0.137. The number of ether oxygens (including phenoxy) is 1. The zero-order valence-electron chi connectivity index (χ0n) is 17.4. The summed E-state index contributed by atoms with van der Waals surface area (Å²) in [5.41, 5.74) is -0.921. The van der Waals surface area contributed by atoms with Crippen molar-refractivity contribution in [2.75, 3.05) is 5.32 Å². The number of aromatic amines is 1. The number of nitrogens with one attached hydrogen (secondary N) is 2. The number of amides is 1. The van der Waals surface area contributed by atoms with E-state index in [1.165, 1.54) is 6.07 Å². The monoisotopic (exact) mass is 466 g/mol. The molecule has 9 heteroatoms. The number of H-pyrrole nitrogens is 1. The molecule has 0 saturated heterocycles. The van der Waals surface area contributed by atoms with Crippen LogP contribution in [0.15, 0.2) is 89.7 Å². The zero-order chi connectivity index (χ0) is 24.3. The van der Waals surface area contributed by atoms with Crippen LogP contribution in [0.3, 0.4) is 0 Å². The van der Waals surface area contributed by atoms with Gasteiger partial charge in [0.2, 0.25) is 11.7 Å². The second-order valence-corrected chi connectivity index (χ2v) is 7.36. The lowest BCUT2D eigenvalue weighted by atomic mass is 10.1. The quantitative estimate of drug-likeness (QED) is 0.402. The molecule has 0 spiro atoms. The molecule has 0 saturated carbocycles. The number of hydrogen-bond donors (Lipinski definition) is 2. The summed E-state index contributed by atoms with van der Waals surface area (Å²) >= 11 is 0. The van der Waals surface area contributed by atoms with Crippen LogP contribution >= 0.6 is 0 Å². The van der Waals surface area contributed by atoms with Gasteiger partial charge >= 0.3 is 12.1 Å². The minimum Gasteiger partial charge on any atom is -0.444 e. The number of rotatable bonds is 5. The Morgan fingerprint density at radius 3 is 2.32 bits per heavy atom. The Morgan fingerprint density at radius 2 is 1.59 bits per heavy atom. The summed E-state index contributed by atoms with van der Waals surface area (Å²) in [5.74, 6) is -1.79. The molecule has 4 aromatic rings. The molecule has 172 valence electrons. The van der Waals surface area contributed by atoms with Crippen LogP contribution in [0.2, 0.25) is 0 Å². The highest BCUT2D eigenvalue weighted by atomic mass is 19.4. The van der Waals surface area contributed by atoms with Gasteiger partial charge in [-0.25, -0.2) is 4.79 Å². The van der Waals surface area contributed by atoms with E-state index in [9.17, 15) is 27.6 Å². The Morgan fingerprint density at radius 1 is 0.882 bits per heavy atom. The SMILES string of the molecule is O=C(O[C@@H](C(=O)Nc1cccc(C(F)(F)F)c1)c1ccccc1)c1cc(=O)[nH]c2ccccc12. The first-order chi connectivity index (χ1) is 16.2. The van der Waals surface area contributed by atoms with E-state index in [1.54, 1.807) is 54.6 Å². The molecule has 1 heterocycles. The van der Waals surface area contributed by atoms with Crippen molar-refractivity contribution in [3.63, 3.8) is 0 Å².